The first-order valence-electron chi connectivity index (χ1n) is 10.1. The van der Waals surface area contributed by atoms with Crippen molar-refractivity contribution in [2.45, 2.75) is 39.9 Å². The van der Waals surface area contributed by atoms with Gasteiger partial charge in [0, 0.05) is 25.7 Å². The maximum Gasteiger partial charge on any atom is 0.272 e. The van der Waals surface area contributed by atoms with Crippen LogP contribution in [0.4, 0.5) is 0 Å². The third-order valence-corrected chi connectivity index (χ3v) is 6.59. The molecule has 2 N–H and O–H groups in total. The number of benzene rings is 1. The van der Waals surface area contributed by atoms with Gasteiger partial charge in [-0.05, 0) is 5.41 Å². The van der Waals surface area contributed by atoms with Crippen LogP contribution in [-0.2, 0) is 27.9 Å². The van der Waals surface area contributed by atoms with Gasteiger partial charge in [0.05, 0.1) is 18.5 Å². The van der Waals surface area contributed by atoms with E-state index < -0.39 is 27.4 Å². The van der Waals surface area contributed by atoms with Crippen LogP contribution in [0.25, 0.3) is 11.4 Å². The zero-order chi connectivity index (χ0) is 23.0. The number of sulfonamides is 1. The molecule has 0 fully saturated rings. The number of fused-ring (bicyclic) bond motifs is 1. The summed E-state index contributed by atoms with van der Waals surface area (Å²) in [6.45, 7) is 6.29. The highest BCUT2D eigenvalue weighted by Crippen LogP contribution is 2.28. The molecule has 2 amide bonds. The summed E-state index contributed by atoms with van der Waals surface area (Å²) in [5, 5.41) is 5.38. The average Bonchev–Trinajstić information content (AvgIpc) is 3.09. The molecule has 0 bridgehead atoms. The van der Waals surface area contributed by atoms with Crippen LogP contribution < -0.4 is 10.6 Å². The number of nitrogens with zero attached hydrogens (tertiary/aromatic N) is 3. The average molecular weight is 448 g/mol. The highest BCUT2D eigenvalue weighted by atomic mass is 32.2. The number of carbonyl (C=O) groups is 2. The van der Waals surface area contributed by atoms with E-state index in [4.69, 9.17) is 0 Å². The van der Waals surface area contributed by atoms with Crippen LogP contribution in [0.3, 0.4) is 0 Å². The van der Waals surface area contributed by atoms with Gasteiger partial charge in [0.25, 0.3) is 5.91 Å². The monoisotopic (exact) mass is 447 g/mol. The number of likely N-dealkylation sites (N-methyl/N-ethyl adjacent to an activating group) is 1. The summed E-state index contributed by atoms with van der Waals surface area (Å²) < 4.78 is 27.5. The fourth-order valence-corrected chi connectivity index (χ4v) is 4.41. The van der Waals surface area contributed by atoms with Gasteiger partial charge in [-0.3, -0.25) is 9.59 Å². The molecule has 31 heavy (non-hydrogen) atoms. The van der Waals surface area contributed by atoms with Crippen LogP contribution in [0, 0.1) is 5.41 Å². The van der Waals surface area contributed by atoms with Crippen molar-refractivity contribution in [1.29, 1.82) is 0 Å². The van der Waals surface area contributed by atoms with Gasteiger partial charge in [0.15, 0.2) is 5.69 Å². The molecule has 2 heterocycles. The molecular formula is C21H29N5O4S. The predicted octanol–water partition coefficient (Wildman–Crippen LogP) is 1.22. The van der Waals surface area contributed by atoms with E-state index in [1.165, 1.54) is 11.4 Å². The molecule has 0 spiro atoms. The Balaban J connectivity index is 2.06. The van der Waals surface area contributed by atoms with Crippen molar-refractivity contribution in [2.24, 2.45) is 5.41 Å². The molecule has 0 aliphatic carbocycles. The van der Waals surface area contributed by atoms with Crippen LogP contribution in [0.15, 0.2) is 30.3 Å². The standard InChI is InChI=1S/C21H29N5O4S/c1-21(2,3)17(20(28)22-4)24-19(27)16-15-13-25(31(5,29)30)11-12-26(15)18(23-16)14-9-7-6-8-10-14/h6-10,17H,11-13H2,1-5H3,(H,22,28)(H,24,27)/t17-/m1/s1. The van der Waals surface area contributed by atoms with Crippen LogP contribution in [0.5, 0.6) is 0 Å². The summed E-state index contributed by atoms with van der Waals surface area (Å²) in [7, 11) is -1.92. The van der Waals surface area contributed by atoms with Gasteiger partial charge in [-0.1, -0.05) is 51.1 Å². The molecule has 168 valence electrons. The second-order valence-corrected chi connectivity index (χ2v) is 10.7. The fraction of sp³-hybridized carbons (Fsp3) is 0.476. The van der Waals surface area contributed by atoms with E-state index in [0.717, 1.165) is 11.8 Å². The summed E-state index contributed by atoms with van der Waals surface area (Å²) in [6, 6.07) is 8.65. The summed E-state index contributed by atoms with van der Waals surface area (Å²) >= 11 is 0. The molecule has 1 aromatic heterocycles. The van der Waals surface area contributed by atoms with Crippen molar-refractivity contribution in [2.75, 3.05) is 19.8 Å². The number of imidazole rings is 1. The topological polar surface area (TPSA) is 113 Å². The van der Waals surface area contributed by atoms with Crippen LogP contribution in [0.1, 0.15) is 37.0 Å². The Morgan fingerprint density at radius 3 is 2.32 bits per heavy atom. The zero-order valence-electron chi connectivity index (χ0n) is 18.5. The number of nitrogens with one attached hydrogen (secondary N) is 2. The number of hydrogen-bond acceptors (Lipinski definition) is 5. The Kier molecular flexibility index (Phi) is 6.24. The number of aromatic nitrogens is 2. The lowest BCUT2D eigenvalue weighted by Crippen LogP contribution is -2.53. The zero-order valence-corrected chi connectivity index (χ0v) is 19.3. The summed E-state index contributed by atoms with van der Waals surface area (Å²) in [5.74, 6) is -0.221. The van der Waals surface area contributed by atoms with Gasteiger partial charge < -0.3 is 15.2 Å². The lowest BCUT2D eigenvalue weighted by molar-refractivity contribution is -0.124. The SMILES string of the molecule is CNC(=O)[C@@H](NC(=O)c1nc(-c2ccccc2)n2c1CN(S(C)(=O)=O)CC2)C(C)(C)C. The molecule has 9 nitrogen and oxygen atoms in total. The lowest BCUT2D eigenvalue weighted by atomic mass is 9.86. The van der Waals surface area contributed by atoms with E-state index in [9.17, 15) is 18.0 Å². The van der Waals surface area contributed by atoms with Gasteiger partial charge >= 0.3 is 0 Å². The van der Waals surface area contributed by atoms with Crippen LogP contribution >= 0.6 is 0 Å². The number of rotatable bonds is 5. The molecule has 0 unspecified atom stereocenters. The van der Waals surface area contributed by atoms with Gasteiger partial charge in [-0.15, -0.1) is 0 Å². The maximum absolute atomic E-state index is 13.3. The molecule has 1 aliphatic heterocycles. The van der Waals surface area contributed by atoms with Gasteiger partial charge in [0.2, 0.25) is 15.9 Å². The lowest BCUT2D eigenvalue weighted by Gasteiger charge is -2.30. The molecule has 0 saturated carbocycles. The second-order valence-electron chi connectivity index (χ2n) is 8.73. The van der Waals surface area contributed by atoms with Crippen molar-refractivity contribution >= 4 is 21.8 Å². The van der Waals surface area contributed by atoms with Crippen LogP contribution in [0.2, 0.25) is 0 Å². The molecule has 1 aliphatic rings. The van der Waals surface area contributed by atoms with Crippen molar-refractivity contribution < 1.29 is 18.0 Å². The fourth-order valence-electron chi connectivity index (χ4n) is 3.64. The quantitative estimate of drug-likeness (QED) is 0.715. The van der Waals surface area contributed by atoms with E-state index in [1.807, 2.05) is 55.7 Å². The van der Waals surface area contributed by atoms with Crippen LogP contribution in [-0.4, -0.2) is 60.0 Å². The summed E-state index contributed by atoms with van der Waals surface area (Å²) in [6.07, 6.45) is 1.15. The minimum Gasteiger partial charge on any atom is -0.357 e. The van der Waals surface area contributed by atoms with Crippen molar-refractivity contribution in [3.05, 3.63) is 41.7 Å². The molecule has 10 heteroatoms. The maximum atomic E-state index is 13.3. The molecule has 1 aromatic carbocycles. The van der Waals surface area contributed by atoms with E-state index in [1.54, 1.807) is 0 Å². The molecular weight excluding hydrogens is 418 g/mol. The third-order valence-electron chi connectivity index (χ3n) is 5.34. The Labute approximate surface area is 182 Å². The number of hydrogen-bond donors (Lipinski definition) is 2. The van der Waals surface area contributed by atoms with Gasteiger partial charge in [0.1, 0.15) is 11.9 Å². The van der Waals surface area contributed by atoms with Crippen molar-refractivity contribution in [1.82, 2.24) is 24.5 Å². The van der Waals surface area contributed by atoms with Gasteiger partial charge in [-0.25, -0.2) is 13.4 Å². The Morgan fingerprint density at radius 2 is 1.77 bits per heavy atom. The first-order chi connectivity index (χ1) is 14.4. The van der Waals surface area contributed by atoms with E-state index in [2.05, 4.69) is 15.6 Å². The van der Waals surface area contributed by atoms with Gasteiger partial charge in [-0.2, -0.15) is 4.31 Å². The summed E-state index contributed by atoms with van der Waals surface area (Å²) in [4.78, 5) is 30.2. The Bertz CT molecular complexity index is 1090. The largest absolute Gasteiger partial charge is 0.357 e. The highest BCUT2D eigenvalue weighted by Gasteiger charge is 2.36. The molecule has 1 atom stereocenters. The third kappa shape index (κ3) is 4.80. The molecule has 0 saturated heterocycles. The summed E-state index contributed by atoms with van der Waals surface area (Å²) in [5.41, 5.74) is 0.939. The van der Waals surface area contributed by atoms with E-state index >= 15 is 0 Å². The Hall–Kier alpha value is -2.72. The first kappa shape index (κ1) is 23.0. The first-order valence-corrected chi connectivity index (χ1v) is 11.9. The normalized spacial score (nSPS) is 15.8. The molecule has 3 rings (SSSR count). The highest BCUT2D eigenvalue weighted by molar-refractivity contribution is 7.88. The van der Waals surface area contributed by atoms with E-state index in [-0.39, 0.29) is 18.1 Å². The molecule has 2 aromatic rings. The van der Waals surface area contributed by atoms with Crippen molar-refractivity contribution in [3.8, 4) is 11.4 Å². The second kappa shape index (κ2) is 8.43. The number of carbonyl (C=O) groups excluding carboxylic acids is 2. The van der Waals surface area contributed by atoms with E-state index in [0.29, 0.717) is 24.6 Å². The smallest absolute Gasteiger partial charge is 0.272 e. The number of amides is 2. The molecule has 0 radical (unpaired) electrons. The minimum atomic E-state index is -3.43. The van der Waals surface area contributed by atoms with Crippen molar-refractivity contribution in [3.63, 3.8) is 0 Å². The Morgan fingerprint density at radius 1 is 1.13 bits per heavy atom. The minimum absolute atomic E-state index is 0.0432. The predicted molar refractivity (Wildman–Crippen MR) is 118 cm³/mol.